The Morgan fingerprint density at radius 3 is 2.96 bits per heavy atom. The standard InChI is InChI=1S/C16H15N7O2S/c1-8(2)23-15-12(13(17)18-7-19-15)14(21-23)20-16(24)9-6-10(25-22-9)11-4-3-5-26-11/h3-8H,1-2H3,(H2,17,18,19)(H,20,21,24). The van der Waals surface area contributed by atoms with E-state index in [1.807, 2.05) is 31.4 Å². The summed E-state index contributed by atoms with van der Waals surface area (Å²) in [6.45, 7) is 3.92. The lowest BCUT2D eigenvalue weighted by molar-refractivity contribution is 0.101. The molecule has 3 N–H and O–H groups in total. The number of carbonyl (C=O) groups is 1. The zero-order valence-corrected chi connectivity index (χ0v) is 14.8. The Labute approximate surface area is 151 Å². The van der Waals surface area contributed by atoms with Crippen molar-refractivity contribution in [2.24, 2.45) is 0 Å². The summed E-state index contributed by atoms with van der Waals surface area (Å²) in [6, 6.07) is 5.41. The molecule has 132 valence electrons. The first kappa shape index (κ1) is 16.2. The number of hydrogen-bond acceptors (Lipinski definition) is 8. The predicted molar refractivity (Wildman–Crippen MR) is 97.9 cm³/mol. The number of carbonyl (C=O) groups excluding carboxylic acids is 1. The Kier molecular flexibility index (Phi) is 3.88. The molecule has 0 unspecified atom stereocenters. The monoisotopic (exact) mass is 369 g/mol. The third-order valence-electron chi connectivity index (χ3n) is 3.75. The quantitative estimate of drug-likeness (QED) is 0.566. The molecule has 10 heteroatoms. The van der Waals surface area contributed by atoms with Crippen molar-refractivity contribution in [3.8, 4) is 10.6 Å². The number of nitrogens with one attached hydrogen (secondary N) is 1. The third kappa shape index (κ3) is 2.69. The fourth-order valence-electron chi connectivity index (χ4n) is 2.53. The van der Waals surface area contributed by atoms with E-state index in [2.05, 4.69) is 25.5 Å². The van der Waals surface area contributed by atoms with Gasteiger partial charge in [-0.05, 0) is 25.3 Å². The van der Waals surface area contributed by atoms with E-state index in [4.69, 9.17) is 10.3 Å². The van der Waals surface area contributed by atoms with E-state index in [-0.39, 0.29) is 23.4 Å². The van der Waals surface area contributed by atoms with Gasteiger partial charge < -0.3 is 15.6 Å². The SMILES string of the molecule is CC(C)n1nc(NC(=O)c2cc(-c3cccs3)on2)c2c(N)ncnc21. The number of nitrogens with two attached hydrogens (primary N) is 1. The molecule has 0 saturated carbocycles. The Bertz CT molecular complexity index is 1080. The molecule has 26 heavy (non-hydrogen) atoms. The van der Waals surface area contributed by atoms with Crippen molar-refractivity contribution >= 4 is 39.9 Å². The minimum Gasteiger partial charge on any atom is -0.383 e. The molecule has 0 fully saturated rings. The molecule has 0 aliphatic rings. The molecule has 0 aliphatic heterocycles. The molecule has 4 rings (SSSR count). The molecule has 0 radical (unpaired) electrons. The van der Waals surface area contributed by atoms with Crippen LogP contribution in [-0.4, -0.2) is 30.8 Å². The van der Waals surface area contributed by atoms with Crippen molar-refractivity contribution in [2.75, 3.05) is 11.1 Å². The molecular weight excluding hydrogens is 354 g/mol. The number of rotatable bonds is 4. The maximum atomic E-state index is 12.6. The minimum absolute atomic E-state index is 0.0370. The molecule has 0 atom stereocenters. The first-order valence-electron chi connectivity index (χ1n) is 7.85. The molecule has 4 aromatic heterocycles. The van der Waals surface area contributed by atoms with Crippen LogP contribution in [0.4, 0.5) is 11.6 Å². The summed E-state index contributed by atoms with van der Waals surface area (Å²) in [7, 11) is 0. The second-order valence-electron chi connectivity index (χ2n) is 5.85. The number of anilines is 2. The number of nitrogen functional groups attached to an aromatic ring is 1. The predicted octanol–water partition coefficient (Wildman–Crippen LogP) is 2.96. The van der Waals surface area contributed by atoms with Crippen LogP contribution in [0, 0.1) is 0 Å². The zero-order valence-electron chi connectivity index (χ0n) is 14.0. The number of aromatic nitrogens is 5. The lowest BCUT2D eigenvalue weighted by Crippen LogP contribution is -2.13. The van der Waals surface area contributed by atoms with Gasteiger partial charge in [0.15, 0.2) is 22.9 Å². The Balaban J connectivity index is 1.68. The van der Waals surface area contributed by atoms with Crippen LogP contribution >= 0.6 is 11.3 Å². The lowest BCUT2D eigenvalue weighted by atomic mass is 10.3. The average molecular weight is 369 g/mol. The number of nitrogens with zero attached hydrogens (tertiary/aromatic N) is 5. The van der Waals surface area contributed by atoms with Crippen molar-refractivity contribution in [1.82, 2.24) is 24.9 Å². The van der Waals surface area contributed by atoms with Gasteiger partial charge in [0.1, 0.15) is 17.5 Å². The van der Waals surface area contributed by atoms with Crippen LogP contribution in [0.3, 0.4) is 0 Å². The molecule has 0 bridgehead atoms. The summed E-state index contributed by atoms with van der Waals surface area (Å²) >= 11 is 1.50. The van der Waals surface area contributed by atoms with Crippen LogP contribution in [0.1, 0.15) is 30.4 Å². The van der Waals surface area contributed by atoms with Crippen LogP contribution in [-0.2, 0) is 0 Å². The van der Waals surface area contributed by atoms with Gasteiger partial charge in [0.05, 0.1) is 4.88 Å². The molecule has 0 aromatic carbocycles. The van der Waals surface area contributed by atoms with E-state index in [1.54, 1.807) is 10.7 Å². The van der Waals surface area contributed by atoms with Gasteiger partial charge in [-0.1, -0.05) is 11.2 Å². The molecule has 1 amide bonds. The van der Waals surface area contributed by atoms with Crippen molar-refractivity contribution < 1.29 is 9.32 Å². The fraction of sp³-hybridized carbons (Fsp3) is 0.188. The molecule has 4 aromatic rings. The second-order valence-corrected chi connectivity index (χ2v) is 6.80. The molecule has 0 spiro atoms. The smallest absolute Gasteiger partial charge is 0.279 e. The number of fused-ring (bicyclic) bond motifs is 1. The summed E-state index contributed by atoms with van der Waals surface area (Å²) in [6.07, 6.45) is 1.37. The Hall–Kier alpha value is -3.27. The lowest BCUT2D eigenvalue weighted by Gasteiger charge is -2.05. The van der Waals surface area contributed by atoms with Crippen molar-refractivity contribution in [2.45, 2.75) is 19.9 Å². The highest BCUT2D eigenvalue weighted by Gasteiger charge is 2.21. The third-order valence-corrected chi connectivity index (χ3v) is 4.63. The fourth-order valence-corrected chi connectivity index (χ4v) is 3.20. The molecular formula is C16H15N7O2S. The van der Waals surface area contributed by atoms with E-state index in [1.165, 1.54) is 17.7 Å². The van der Waals surface area contributed by atoms with Crippen LogP contribution in [0.15, 0.2) is 34.4 Å². The van der Waals surface area contributed by atoms with E-state index < -0.39 is 5.91 Å². The summed E-state index contributed by atoms with van der Waals surface area (Å²) < 4.78 is 6.93. The van der Waals surface area contributed by atoms with E-state index in [9.17, 15) is 4.79 Å². The van der Waals surface area contributed by atoms with Gasteiger partial charge >= 0.3 is 0 Å². The van der Waals surface area contributed by atoms with E-state index in [0.29, 0.717) is 16.8 Å². The van der Waals surface area contributed by atoms with Gasteiger partial charge in [-0.3, -0.25) is 4.79 Å². The first-order chi connectivity index (χ1) is 12.5. The van der Waals surface area contributed by atoms with Gasteiger partial charge in [-0.25, -0.2) is 14.6 Å². The topological polar surface area (TPSA) is 125 Å². The maximum absolute atomic E-state index is 12.6. The Morgan fingerprint density at radius 2 is 2.23 bits per heavy atom. The van der Waals surface area contributed by atoms with Crippen molar-refractivity contribution in [3.05, 3.63) is 35.6 Å². The number of hydrogen-bond donors (Lipinski definition) is 2. The first-order valence-corrected chi connectivity index (χ1v) is 8.73. The van der Waals surface area contributed by atoms with Gasteiger partial charge in [-0.2, -0.15) is 5.10 Å². The summed E-state index contributed by atoms with van der Waals surface area (Å²) in [4.78, 5) is 21.7. The van der Waals surface area contributed by atoms with Gasteiger partial charge in [0.25, 0.3) is 5.91 Å². The summed E-state index contributed by atoms with van der Waals surface area (Å²) in [5.74, 6) is 0.620. The number of thiophene rings is 1. The highest BCUT2D eigenvalue weighted by Crippen LogP contribution is 2.29. The maximum Gasteiger partial charge on any atom is 0.279 e. The molecule has 4 heterocycles. The highest BCUT2D eigenvalue weighted by molar-refractivity contribution is 7.13. The summed E-state index contributed by atoms with van der Waals surface area (Å²) in [5, 5.41) is 13.4. The van der Waals surface area contributed by atoms with Gasteiger partial charge in [-0.15, -0.1) is 11.3 Å². The highest BCUT2D eigenvalue weighted by atomic mass is 32.1. The minimum atomic E-state index is -0.449. The Morgan fingerprint density at radius 1 is 1.38 bits per heavy atom. The van der Waals surface area contributed by atoms with E-state index >= 15 is 0 Å². The average Bonchev–Trinajstić information content (AvgIpc) is 3.34. The van der Waals surface area contributed by atoms with Crippen molar-refractivity contribution in [1.29, 1.82) is 0 Å². The van der Waals surface area contributed by atoms with Gasteiger partial charge in [0, 0.05) is 12.1 Å². The summed E-state index contributed by atoms with van der Waals surface area (Å²) in [5.41, 5.74) is 6.67. The van der Waals surface area contributed by atoms with Crippen LogP contribution in [0.2, 0.25) is 0 Å². The molecule has 0 aliphatic carbocycles. The second kappa shape index (κ2) is 6.23. The zero-order chi connectivity index (χ0) is 18.3. The normalized spacial score (nSPS) is 11.3. The van der Waals surface area contributed by atoms with Gasteiger partial charge in [0.2, 0.25) is 0 Å². The molecule has 9 nitrogen and oxygen atoms in total. The van der Waals surface area contributed by atoms with E-state index in [0.717, 1.165) is 4.88 Å². The number of amides is 1. The van der Waals surface area contributed by atoms with Crippen molar-refractivity contribution in [3.63, 3.8) is 0 Å². The van der Waals surface area contributed by atoms with Crippen LogP contribution in [0.5, 0.6) is 0 Å². The molecule has 0 saturated heterocycles. The van der Waals surface area contributed by atoms with Crippen LogP contribution in [0.25, 0.3) is 21.7 Å². The largest absolute Gasteiger partial charge is 0.383 e. The van der Waals surface area contributed by atoms with Crippen LogP contribution < -0.4 is 11.1 Å².